The van der Waals surface area contributed by atoms with Crippen molar-refractivity contribution >= 4 is 12.0 Å². The van der Waals surface area contributed by atoms with Crippen LogP contribution in [0.2, 0.25) is 0 Å². The van der Waals surface area contributed by atoms with E-state index in [-0.39, 0.29) is 11.9 Å². The summed E-state index contributed by atoms with van der Waals surface area (Å²) in [7, 11) is 0. The molecule has 1 atom stereocenters. The number of carbonyl (C=O) groups excluding carboxylic acids is 1. The fraction of sp³-hybridized carbons (Fsp3) is 0.273. The standard InChI is InChI=1S/C22H19F3N2O/c23-22(24,25)19-11-9-18(10-12-19)20-3-1-2-14-27(20)21(28)13-8-16-4-6-17(15-26)7-5-16/h4-13,20H,1-3,14H2/b13-8+/t20-/m1/s1. The van der Waals surface area contributed by atoms with Gasteiger partial charge in [-0.15, -0.1) is 0 Å². The van der Waals surface area contributed by atoms with Crippen LogP contribution in [0.15, 0.2) is 54.6 Å². The lowest BCUT2D eigenvalue weighted by molar-refractivity contribution is -0.137. The molecule has 1 heterocycles. The Kier molecular flexibility index (Phi) is 5.84. The van der Waals surface area contributed by atoms with E-state index in [1.54, 1.807) is 35.2 Å². The van der Waals surface area contributed by atoms with Crippen LogP contribution in [0.1, 0.15) is 47.6 Å². The molecule has 2 aromatic rings. The molecule has 1 fully saturated rings. The van der Waals surface area contributed by atoms with Crippen molar-refractivity contribution in [2.24, 2.45) is 0 Å². The van der Waals surface area contributed by atoms with Gasteiger partial charge >= 0.3 is 6.18 Å². The SMILES string of the molecule is N#Cc1ccc(/C=C/C(=O)N2CCCC[C@@H]2c2ccc(C(F)(F)F)cc2)cc1. The second-order valence-electron chi connectivity index (χ2n) is 6.73. The fourth-order valence-corrected chi connectivity index (χ4v) is 3.37. The maximum absolute atomic E-state index is 12.8. The van der Waals surface area contributed by atoms with E-state index in [4.69, 9.17) is 5.26 Å². The van der Waals surface area contributed by atoms with Gasteiger partial charge < -0.3 is 4.90 Å². The van der Waals surface area contributed by atoms with Crippen LogP contribution in [-0.4, -0.2) is 17.4 Å². The molecule has 0 saturated carbocycles. The summed E-state index contributed by atoms with van der Waals surface area (Å²) in [5, 5.41) is 8.82. The lowest BCUT2D eigenvalue weighted by Gasteiger charge is -2.35. The molecule has 3 rings (SSSR count). The van der Waals surface area contributed by atoms with E-state index in [9.17, 15) is 18.0 Å². The van der Waals surface area contributed by atoms with Crippen molar-refractivity contribution in [3.05, 3.63) is 76.9 Å². The number of halogens is 3. The van der Waals surface area contributed by atoms with Gasteiger partial charge in [0.15, 0.2) is 0 Å². The number of piperidine rings is 1. The van der Waals surface area contributed by atoms with E-state index < -0.39 is 11.7 Å². The Balaban J connectivity index is 1.75. The molecule has 2 aromatic carbocycles. The number of nitriles is 1. The minimum absolute atomic E-state index is 0.172. The zero-order valence-corrected chi connectivity index (χ0v) is 15.1. The predicted octanol–water partition coefficient (Wildman–Crippen LogP) is 5.34. The van der Waals surface area contributed by atoms with E-state index in [1.165, 1.54) is 18.2 Å². The summed E-state index contributed by atoms with van der Waals surface area (Å²) in [4.78, 5) is 14.4. The predicted molar refractivity (Wildman–Crippen MR) is 99.9 cm³/mol. The van der Waals surface area contributed by atoms with Gasteiger partial charge in [-0.25, -0.2) is 0 Å². The molecular formula is C22H19F3N2O. The molecule has 1 aliphatic heterocycles. The van der Waals surface area contributed by atoms with Crippen molar-refractivity contribution in [3.8, 4) is 6.07 Å². The van der Waals surface area contributed by atoms with Crippen LogP contribution in [-0.2, 0) is 11.0 Å². The van der Waals surface area contributed by atoms with Gasteiger partial charge in [-0.05, 0) is 60.7 Å². The van der Waals surface area contributed by atoms with Crippen LogP contribution in [0.4, 0.5) is 13.2 Å². The van der Waals surface area contributed by atoms with Crippen LogP contribution >= 0.6 is 0 Å². The monoisotopic (exact) mass is 384 g/mol. The Bertz CT molecular complexity index is 893. The van der Waals surface area contributed by atoms with Crippen LogP contribution in [0, 0.1) is 11.3 Å². The third-order valence-electron chi connectivity index (χ3n) is 4.87. The van der Waals surface area contributed by atoms with Gasteiger partial charge in [0, 0.05) is 12.6 Å². The lowest BCUT2D eigenvalue weighted by Crippen LogP contribution is -2.37. The van der Waals surface area contributed by atoms with Gasteiger partial charge in [0.2, 0.25) is 5.91 Å². The molecule has 0 aromatic heterocycles. The molecule has 0 N–H and O–H groups in total. The Hall–Kier alpha value is -3.07. The van der Waals surface area contributed by atoms with Crippen molar-refractivity contribution in [2.75, 3.05) is 6.54 Å². The summed E-state index contributed by atoms with van der Waals surface area (Å²) in [6, 6.07) is 13.7. The highest BCUT2D eigenvalue weighted by Crippen LogP contribution is 2.34. The Morgan fingerprint density at radius 1 is 1.07 bits per heavy atom. The van der Waals surface area contributed by atoms with Crippen LogP contribution in [0.5, 0.6) is 0 Å². The summed E-state index contributed by atoms with van der Waals surface area (Å²) < 4.78 is 38.4. The molecule has 3 nitrogen and oxygen atoms in total. The molecule has 1 amide bonds. The first-order valence-corrected chi connectivity index (χ1v) is 9.04. The maximum Gasteiger partial charge on any atom is 0.416 e. The van der Waals surface area contributed by atoms with Gasteiger partial charge in [0.05, 0.1) is 23.2 Å². The average Bonchev–Trinajstić information content (AvgIpc) is 2.72. The van der Waals surface area contributed by atoms with Crippen LogP contribution < -0.4 is 0 Å². The zero-order valence-electron chi connectivity index (χ0n) is 15.1. The number of benzene rings is 2. The minimum atomic E-state index is -4.37. The Morgan fingerprint density at radius 2 is 1.75 bits per heavy atom. The number of carbonyl (C=O) groups is 1. The van der Waals surface area contributed by atoms with E-state index >= 15 is 0 Å². The van der Waals surface area contributed by atoms with Crippen LogP contribution in [0.3, 0.4) is 0 Å². The zero-order chi connectivity index (χ0) is 20.1. The van der Waals surface area contributed by atoms with Crippen molar-refractivity contribution in [1.82, 2.24) is 4.90 Å². The first-order chi connectivity index (χ1) is 13.4. The summed E-state index contributed by atoms with van der Waals surface area (Å²) in [5.41, 5.74) is 1.37. The van der Waals surface area contributed by atoms with E-state index in [0.29, 0.717) is 17.7 Å². The molecular weight excluding hydrogens is 365 g/mol. The largest absolute Gasteiger partial charge is 0.416 e. The molecule has 0 spiro atoms. The van der Waals surface area contributed by atoms with Crippen molar-refractivity contribution in [3.63, 3.8) is 0 Å². The van der Waals surface area contributed by atoms with Gasteiger partial charge in [0.1, 0.15) is 0 Å². The molecule has 0 bridgehead atoms. The quantitative estimate of drug-likeness (QED) is 0.670. The number of hydrogen-bond donors (Lipinski definition) is 0. The van der Waals surface area contributed by atoms with Gasteiger partial charge in [-0.3, -0.25) is 4.79 Å². The number of amides is 1. The molecule has 28 heavy (non-hydrogen) atoms. The second kappa shape index (κ2) is 8.30. The third-order valence-corrected chi connectivity index (χ3v) is 4.87. The van der Waals surface area contributed by atoms with E-state index in [1.807, 2.05) is 6.07 Å². The molecule has 0 radical (unpaired) electrons. The summed E-state index contributed by atoms with van der Waals surface area (Å²) in [5.74, 6) is -0.172. The molecule has 144 valence electrons. The highest BCUT2D eigenvalue weighted by molar-refractivity contribution is 5.92. The van der Waals surface area contributed by atoms with Crippen molar-refractivity contribution in [1.29, 1.82) is 5.26 Å². The minimum Gasteiger partial charge on any atom is -0.332 e. The molecule has 0 aliphatic carbocycles. The summed E-state index contributed by atoms with van der Waals surface area (Å²) in [6.45, 7) is 0.572. The number of nitrogens with zero attached hydrogens (tertiary/aromatic N) is 2. The normalized spacial score (nSPS) is 17.5. The molecule has 0 unspecified atom stereocenters. The molecule has 1 saturated heterocycles. The number of alkyl halides is 3. The van der Waals surface area contributed by atoms with Crippen molar-refractivity contribution < 1.29 is 18.0 Å². The Labute approximate surface area is 161 Å². The van der Waals surface area contributed by atoms with E-state index in [0.717, 1.165) is 37.0 Å². The molecule has 6 heteroatoms. The van der Waals surface area contributed by atoms with Crippen molar-refractivity contribution in [2.45, 2.75) is 31.5 Å². The first-order valence-electron chi connectivity index (χ1n) is 9.04. The number of likely N-dealkylation sites (tertiary alicyclic amines) is 1. The first kappa shape index (κ1) is 19.7. The second-order valence-corrected chi connectivity index (χ2v) is 6.73. The number of hydrogen-bond acceptors (Lipinski definition) is 2. The van der Waals surface area contributed by atoms with Gasteiger partial charge in [-0.2, -0.15) is 18.4 Å². The maximum atomic E-state index is 12.8. The van der Waals surface area contributed by atoms with Crippen LogP contribution in [0.25, 0.3) is 6.08 Å². The van der Waals surface area contributed by atoms with Gasteiger partial charge in [-0.1, -0.05) is 24.3 Å². The summed E-state index contributed by atoms with van der Waals surface area (Å²) >= 11 is 0. The fourth-order valence-electron chi connectivity index (χ4n) is 3.37. The highest BCUT2D eigenvalue weighted by atomic mass is 19.4. The number of rotatable bonds is 3. The lowest BCUT2D eigenvalue weighted by atomic mass is 9.94. The highest BCUT2D eigenvalue weighted by Gasteiger charge is 2.31. The average molecular weight is 384 g/mol. The smallest absolute Gasteiger partial charge is 0.332 e. The summed E-state index contributed by atoms with van der Waals surface area (Å²) in [6.07, 6.45) is 1.31. The Morgan fingerprint density at radius 3 is 2.36 bits per heavy atom. The topological polar surface area (TPSA) is 44.1 Å². The van der Waals surface area contributed by atoms with Gasteiger partial charge in [0.25, 0.3) is 0 Å². The molecule has 1 aliphatic rings. The third kappa shape index (κ3) is 4.61. The van der Waals surface area contributed by atoms with E-state index in [2.05, 4.69) is 0 Å².